The van der Waals surface area contributed by atoms with Crippen molar-refractivity contribution in [1.29, 1.82) is 0 Å². The van der Waals surface area contributed by atoms with E-state index >= 15 is 0 Å². The molecule has 0 bridgehead atoms. The Labute approximate surface area is 90.5 Å². The van der Waals surface area contributed by atoms with Crippen LogP contribution in [0.4, 0.5) is 0 Å². The Kier molecular flexibility index (Phi) is 3.49. The molecule has 0 N–H and O–H groups in total. The molecule has 0 unspecified atom stereocenters. The van der Waals surface area contributed by atoms with Gasteiger partial charge in [-0.25, -0.2) is 0 Å². The van der Waals surface area contributed by atoms with E-state index in [0.717, 1.165) is 6.54 Å². The van der Waals surface area contributed by atoms with Crippen molar-refractivity contribution >= 4 is 11.8 Å². The minimum Gasteiger partial charge on any atom is -0.297 e. The van der Waals surface area contributed by atoms with Crippen LogP contribution < -0.4 is 0 Å². The minimum absolute atomic E-state index is 1.13. The zero-order valence-electron chi connectivity index (χ0n) is 8.70. The van der Waals surface area contributed by atoms with Gasteiger partial charge in [-0.3, -0.25) is 4.90 Å². The summed E-state index contributed by atoms with van der Waals surface area (Å²) in [6.45, 7) is 5.83. The molecule has 1 saturated heterocycles. The number of hydrogen-bond acceptors (Lipinski definition) is 2. The Morgan fingerprint density at radius 1 is 1.21 bits per heavy atom. The van der Waals surface area contributed by atoms with Crippen LogP contribution in [0.5, 0.6) is 0 Å². The highest BCUT2D eigenvalue weighted by Gasteiger charge is 2.10. The van der Waals surface area contributed by atoms with Crippen LogP contribution in [-0.4, -0.2) is 29.5 Å². The summed E-state index contributed by atoms with van der Waals surface area (Å²) in [6, 6.07) is 8.71. The lowest BCUT2D eigenvalue weighted by Gasteiger charge is -2.26. The number of rotatable bonds is 2. The molecular weight excluding hydrogens is 190 g/mol. The van der Waals surface area contributed by atoms with Gasteiger partial charge in [0.05, 0.1) is 0 Å². The summed E-state index contributed by atoms with van der Waals surface area (Å²) in [5, 5.41) is 0. The fourth-order valence-electron chi connectivity index (χ4n) is 1.79. The second-order valence-corrected chi connectivity index (χ2v) is 5.04. The van der Waals surface area contributed by atoms with Gasteiger partial charge < -0.3 is 0 Å². The first-order valence-corrected chi connectivity index (χ1v) is 6.36. The molecule has 1 aliphatic rings. The molecule has 1 aromatic carbocycles. The van der Waals surface area contributed by atoms with E-state index < -0.39 is 0 Å². The molecule has 0 saturated carbocycles. The number of hydrogen-bond donors (Lipinski definition) is 0. The Bertz CT molecular complexity index is 292. The van der Waals surface area contributed by atoms with Crippen LogP contribution in [0.3, 0.4) is 0 Å². The van der Waals surface area contributed by atoms with E-state index in [1.54, 1.807) is 0 Å². The first-order valence-electron chi connectivity index (χ1n) is 5.21. The van der Waals surface area contributed by atoms with E-state index in [1.807, 2.05) is 0 Å². The fourth-order valence-corrected chi connectivity index (χ4v) is 2.77. The van der Waals surface area contributed by atoms with Gasteiger partial charge in [0.15, 0.2) is 0 Å². The molecule has 0 radical (unpaired) electrons. The van der Waals surface area contributed by atoms with Gasteiger partial charge in [-0.2, -0.15) is 11.8 Å². The highest BCUT2D eigenvalue weighted by molar-refractivity contribution is 7.99. The largest absolute Gasteiger partial charge is 0.297 e. The molecule has 1 heterocycles. The van der Waals surface area contributed by atoms with Crippen molar-refractivity contribution < 1.29 is 0 Å². The quantitative estimate of drug-likeness (QED) is 0.733. The van der Waals surface area contributed by atoms with Crippen molar-refractivity contribution in [3.8, 4) is 0 Å². The molecule has 1 fully saturated rings. The van der Waals surface area contributed by atoms with Gasteiger partial charge in [0, 0.05) is 31.1 Å². The third kappa shape index (κ3) is 2.52. The van der Waals surface area contributed by atoms with Gasteiger partial charge >= 0.3 is 0 Å². The number of aryl methyl sites for hydroxylation is 1. The minimum atomic E-state index is 1.13. The van der Waals surface area contributed by atoms with Gasteiger partial charge in [-0.05, 0) is 18.1 Å². The van der Waals surface area contributed by atoms with Gasteiger partial charge in [0.1, 0.15) is 0 Å². The Morgan fingerprint density at radius 3 is 2.64 bits per heavy atom. The second kappa shape index (κ2) is 4.85. The van der Waals surface area contributed by atoms with Crippen LogP contribution in [0.15, 0.2) is 24.3 Å². The summed E-state index contributed by atoms with van der Waals surface area (Å²) in [5.74, 6) is 2.60. The Hall–Kier alpha value is -0.470. The van der Waals surface area contributed by atoms with Gasteiger partial charge in [0.25, 0.3) is 0 Å². The fraction of sp³-hybridized carbons (Fsp3) is 0.500. The molecule has 2 rings (SSSR count). The van der Waals surface area contributed by atoms with Crippen LogP contribution in [-0.2, 0) is 6.54 Å². The first kappa shape index (κ1) is 10.1. The SMILES string of the molecule is Cc1ccccc1CN1CCSCC1. The monoisotopic (exact) mass is 207 g/mol. The van der Waals surface area contributed by atoms with E-state index in [4.69, 9.17) is 0 Å². The molecule has 76 valence electrons. The van der Waals surface area contributed by atoms with Crippen LogP contribution in [0, 0.1) is 6.92 Å². The first-order chi connectivity index (χ1) is 6.86. The predicted molar refractivity (Wildman–Crippen MR) is 63.8 cm³/mol. The molecule has 1 aliphatic heterocycles. The maximum absolute atomic E-state index is 2.55. The second-order valence-electron chi connectivity index (χ2n) is 3.82. The van der Waals surface area contributed by atoms with Crippen molar-refractivity contribution in [2.24, 2.45) is 0 Å². The summed E-state index contributed by atoms with van der Waals surface area (Å²) < 4.78 is 0. The molecule has 1 aromatic rings. The van der Waals surface area contributed by atoms with Crippen LogP contribution in [0.2, 0.25) is 0 Å². The van der Waals surface area contributed by atoms with E-state index in [2.05, 4.69) is 47.9 Å². The van der Waals surface area contributed by atoms with Crippen LogP contribution in [0.25, 0.3) is 0 Å². The van der Waals surface area contributed by atoms with Gasteiger partial charge in [0.2, 0.25) is 0 Å². The van der Waals surface area contributed by atoms with E-state index in [0.29, 0.717) is 0 Å². The average molecular weight is 207 g/mol. The smallest absolute Gasteiger partial charge is 0.0237 e. The van der Waals surface area contributed by atoms with Crippen LogP contribution >= 0.6 is 11.8 Å². The zero-order valence-corrected chi connectivity index (χ0v) is 9.52. The molecule has 2 heteroatoms. The highest BCUT2D eigenvalue weighted by atomic mass is 32.2. The van der Waals surface area contributed by atoms with E-state index in [-0.39, 0.29) is 0 Å². The Morgan fingerprint density at radius 2 is 1.93 bits per heavy atom. The van der Waals surface area contributed by atoms with Crippen molar-refractivity contribution in [2.45, 2.75) is 13.5 Å². The van der Waals surface area contributed by atoms with E-state index in [1.165, 1.54) is 35.7 Å². The standard InChI is InChI=1S/C12H17NS/c1-11-4-2-3-5-12(11)10-13-6-8-14-9-7-13/h2-5H,6-10H2,1H3. The third-order valence-corrected chi connectivity index (χ3v) is 3.70. The van der Waals surface area contributed by atoms with E-state index in [9.17, 15) is 0 Å². The maximum Gasteiger partial charge on any atom is 0.0237 e. The van der Waals surface area contributed by atoms with Crippen LogP contribution in [0.1, 0.15) is 11.1 Å². The van der Waals surface area contributed by atoms with Crippen molar-refractivity contribution in [3.05, 3.63) is 35.4 Å². The summed E-state index contributed by atoms with van der Waals surface area (Å²) in [7, 11) is 0. The number of nitrogens with zero attached hydrogens (tertiary/aromatic N) is 1. The summed E-state index contributed by atoms with van der Waals surface area (Å²) in [5.41, 5.74) is 2.91. The molecule has 0 spiro atoms. The highest BCUT2D eigenvalue weighted by Crippen LogP contribution is 2.14. The van der Waals surface area contributed by atoms with Crippen molar-refractivity contribution in [3.63, 3.8) is 0 Å². The van der Waals surface area contributed by atoms with Crippen molar-refractivity contribution in [2.75, 3.05) is 24.6 Å². The zero-order chi connectivity index (χ0) is 9.80. The lowest BCUT2D eigenvalue weighted by Crippen LogP contribution is -2.32. The molecular formula is C12H17NS. The lowest BCUT2D eigenvalue weighted by atomic mass is 10.1. The number of benzene rings is 1. The summed E-state index contributed by atoms with van der Waals surface area (Å²) in [4.78, 5) is 2.55. The maximum atomic E-state index is 2.55. The van der Waals surface area contributed by atoms with Gasteiger partial charge in [-0.15, -0.1) is 0 Å². The molecule has 0 atom stereocenters. The summed E-state index contributed by atoms with van der Waals surface area (Å²) in [6.07, 6.45) is 0. The predicted octanol–water partition coefficient (Wildman–Crippen LogP) is 2.54. The third-order valence-electron chi connectivity index (χ3n) is 2.76. The average Bonchev–Trinajstić information content (AvgIpc) is 2.23. The van der Waals surface area contributed by atoms with Crippen molar-refractivity contribution in [1.82, 2.24) is 4.90 Å². The topological polar surface area (TPSA) is 3.24 Å². The molecule has 0 aromatic heterocycles. The molecule has 1 nitrogen and oxygen atoms in total. The molecule has 14 heavy (non-hydrogen) atoms. The summed E-state index contributed by atoms with van der Waals surface area (Å²) >= 11 is 2.07. The van der Waals surface area contributed by atoms with Gasteiger partial charge in [-0.1, -0.05) is 24.3 Å². The lowest BCUT2D eigenvalue weighted by molar-refractivity contribution is 0.294. The Balaban J connectivity index is 1.99. The molecule has 0 aliphatic carbocycles. The molecule has 0 amide bonds. The number of thioether (sulfide) groups is 1. The normalized spacial score (nSPS) is 18.4.